The standard InChI is InChI=1S/C14H12S/c1-10-6-5-8-12-11-7-3-2-4-9-13(11)15-14(10)12/h2-8H,9H2,1H3. The second-order valence-electron chi connectivity index (χ2n) is 3.88. The fourth-order valence-electron chi connectivity index (χ4n) is 2.07. The van der Waals surface area contributed by atoms with Crippen LogP contribution < -0.4 is 0 Å². The second-order valence-corrected chi connectivity index (χ2v) is 4.99. The highest BCUT2D eigenvalue weighted by molar-refractivity contribution is 7.19. The molecule has 1 aliphatic carbocycles. The molecular weight excluding hydrogens is 200 g/mol. The van der Waals surface area contributed by atoms with Crippen molar-refractivity contribution >= 4 is 27.5 Å². The van der Waals surface area contributed by atoms with Gasteiger partial charge >= 0.3 is 0 Å². The molecule has 3 rings (SSSR count). The van der Waals surface area contributed by atoms with Crippen LogP contribution >= 0.6 is 11.3 Å². The van der Waals surface area contributed by atoms with Gasteiger partial charge in [-0.1, -0.05) is 42.5 Å². The summed E-state index contributed by atoms with van der Waals surface area (Å²) in [5.41, 5.74) is 2.81. The second kappa shape index (κ2) is 3.35. The van der Waals surface area contributed by atoms with Crippen LogP contribution in [0.1, 0.15) is 16.0 Å². The molecule has 0 aliphatic heterocycles. The van der Waals surface area contributed by atoms with Gasteiger partial charge in [0.1, 0.15) is 0 Å². The van der Waals surface area contributed by atoms with Crippen molar-refractivity contribution in [3.8, 4) is 0 Å². The van der Waals surface area contributed by atoms with Crippen molar-refractivity contribution in [2.75, 3.05) is 0 Å². The van der Waals surface area contributed by atoms with Gasteiger partial charge in [0.2, 0.25) is 0 Å². The first kappa shape index (κ1) is 8.93. The number of fused-ring (bicyclic) bond motifs is 3. The topological polar surface area (TPSA) is 0 Å². The molecule has 74 valence electrons. The summed E-state index contributed by atoms with van der Waals surface area (Å²) in [5.74, 6) is 0. The number of hydrogen-bond donors (Lipinski definition) is 0. The summed E-state index contributed by atoms with van der Waals surface area (Å²) in [4.78, 5) is 1.49. The van der Waals surface area contributed by atoms with E-state index in [1.165, 1.54) is 26.1 Å². The molecule has 0 saturated heterocycles. The SMILES string of the molecule is Cc1cccc2c3c(sc12)CC=CC=C3. The molecule has 15 heavy (non-hydrogen) atoms. The number of thiophene rings is 1. The zero-order valence-corrected chi connectivity index (χ0v) is 9.47. The van der Waals surface area contributed by atoms with Crippen LogP contribution in [0.5, 0.6) is 0 Å². The molecule has 0 spiro atoms. The lowest BCUT2D eigenvalue weighted by atomic mass is 10.1. The van der Waals surface area contributed by atoms with Crippen molar-refractivity contribution in [2.24, 2.45) is 0 Å². The van der Waals surface area contributed by atoms with Crippen LogP contribution in [0, 0.1) is 6.92 Å². The molecule has 0 fully saturated rings. The van der Waals surface area contributed by atoms with E-state index < -0.39 is 0 Å². The van der Waals surface area contributed by atoms with Crippen LogP contribution in [0.2, 0.25) is 0 Å². The third-order valence-corrected chi connectivity index (χ3v) is 4.22. The third kappa shape index (κ3) is 1.35. The summed E-state index contributed by atoms with van der Waals surface area (Å²) in [6.45, 7) is 2.19. The van der Waals surface area contributed by atoms with E-state index in [1.807, 2.05) is 11.3 Å². The van der Waals surface area contributed by atoms with Gasteiger partial charge in [-0.2, -0.15) is 0 Å². The van der Waals surface area contributed by atoms with Crippen LogP contribution in [0.25, 0.3) is 16.2 Å². The van der Waals surface area contributed by atoms with Gasteiger partial charge in [-0.3, -0.25) is 0 Å². The molecule has 0 bridgehead atoms. The van der Waals surface area contributed by atoms with Crippen LogP contribution in [0.3, 0.4) is 0 Å². The van der Waals surface area contributed by atoms with E-state index >= 15 is 0 Å². The summed E-state index contributed by atoms with van der Waals surface area (Å²) in [5, 5.41) is 1.41. The minimum atomic E-state index is 1.07. The van der Waals surface area contributed by atoms with Crippen molar-refractivity contribution in [3.63, 3.8) is 0 Å². The van der Waals surface area contributed by atoms with E-state index in [4.69, 9.17) is 0 Å². The molecule has 1 aromatic carbocycles. The highest BCUT2D eigenvalue weighted by Gasteiger charge is 2.10. The van der Waals surface area contributed by atoms with Gasteiger partial charge in [-0.15, -0.1) is 11.3 Å². The highest BCUT2D eigenvalue weighted by Crippen LogP contribution is 2.35. The maximum atomic E-state index is 2.23. The van der Waals surface area contributed by atoms with Crippen LogP contribution in [-0.2, 0) is 6.42 Å². The highest BCUT2D eigenvalue weighted by atomic mass is 32.1. The van der Waals surface area contributed by atoms with Gasteiger partial charge in [0.05, 0.1) is 0 Å². The Morgan fingerprint density at radius 2 is 2.13 bits per heavy atom. The summed E-state index contributed by atoms with van der Waals surface area (Å²) in [7, 11) is 0. The first-order valence-corrected chi connectivity index (χ1v) is 6.02. The molecule has 1 aromatic heterocycles. The van der Waals surface area contributed by atoms with Gasteiger partial charge in [0.15, 0.2) is 0 Å². The zero-order chi connectivity index (χ0) is 10.3. The largest absolute Gasteiger partial charge is 0.139 e. The fraction of sp³-hybridized carbons (Fsp3) is 0.143. The Hall–Kier alpha value is -1.34. The van der Waals surface area contributed by atoms with Gasteiger partial charge in [-0.05, 0) is 18.1 Å². The molecule has 0 unspecified atom stereocenters. The summed E-state index contributed by atoms with van der Waals surface area (Å²) in [6.07, 6.45) is 9.81. The lowest BCUT2D eigenvalue weighted by Crippen LogP contribution is -1.76. The van der Waals surface area contributed by atoms with Gasteiger partial charge in [-0.25, -0.2) is 0 Å². The predicted molar refractivity (Wildman–Crippen MR) is 68.4 cm³/mol. The molecule has 0 radical (unpaired) electrons. The normalized spacial score (nSPS) is 14.2. The van der Waals surface area contributed by atoms with Crippen molar-refractivity contribution in [1.82, 2.24) is 0 Å². The van der Waals surface area contributed by atoms with Gasteiger partial charge < -0.3 is 0 Å². The van der Waals surface area contributed by atoms with Gasteiger partial charge in [0, 0.05) is 21.4 Å². The third-order valence-electron chi connectivity index (χ3n) is 2.84. The molecule has 0 amide bonds. The average molecular weight is 212 g/mol. The smallest absolute Gasteiger partial charge is 0.0381 e. The molecule has 0 N–H and O–H groups in total. The summed E-state index contributed by atoms with van der Waals surface area (Å²) in [6, 6.07) is 6.57. The lowest BCUT2D eigenvalue weighted by molar-refractivity contribution is 1.35. The first-order valence-electron chi connectivity index (χ1n) is 5.20. The minimum absolute atomic E-state index is 1.07. The van der Waals surface area contributed by atoms with Gasteiger partial charge in [0.25, 0.3) is 0 Å². The first-order chi connectivity index (χ1) is 7.36. The van der Waals surface area contributed by atoms with E-state index in [0.717, 1.165) is 6.42 Å². The van der Waals surface area contributed by atoms with E-state index in [9.17, 15) is 0 Å². The maximum Gasteiger partial charge on any atom is 0.0381 e. The fourth-order valence-corrected chi connectivity index (χ4v) is 3.30. The van der Waals surface area contributed by atoms with Crippen LogP contribution in [0.15, 0.2) is 36.4 Å². The Balaban J connectivity index is 2.39. The summed E-state index contributed by atoms with van der Waals surface area (Å²) >= 11 is 1.94. The average Bonchev–Trinajstić information content (AvgIpc) is 2.45. The number of aryl methyl sites for hydroxylation is 1. The summed E-state index contributed by atoms with van der Waals surface area (Å²) < 4.78 is 1.45. The molecular formula is C14H12S. The lowest BCUT2D eigenvalue weighted by Gasteiger charge is -1.95. The number of benzene rings is 1. The molecule has 0 saturated carbocycles. The van der Waals surface area contributed by atoms with Crippen molar-refractivity contribution in [1.29, 1.82) is 0 Å². The number of hydrogen-bond acceptors (Lipinski definition) is 1. The molecule has 1 aliphatic rings. The van der Waals surface area contributed by atoms with Crippen molar-refractivity contribution in [3.05, 3.63) is 52.4 Å². The zero-order valence-electron chi connectivity index (χ0n) is 8.66. The Kier molecular flexibility index (Phi) is 2.00. The quantitative estimate of drug-likeness (QED) is 0.609. The molecule has 2 aromatic rings. The van der Waals surface area contributed by atoms with E-state index in [2.05, 4.69) is 49.4 Å². The molecule has 0 atom stereocenters. The Labute approximate surface area is 93.6 Å². The monoisotopic (exact) mass is 212 g/mol. The number of allylic oxidation sites excluding steroid dienone is 3. The van der Waals surface area contributed by atoms with Crippen LogP contribution in [-0.4, -0.2) is 0 Å². The maximum absolute atomic E-state index is 2.23. The van der Waals surface area contributed by atoms with Crippen LogP contribution in [0.4, 0.5) is 0 Å². The van der Waals surface area contributed by atoms with Crippen molar-refractivity contribution in [2.45, 2.75) is 13.3 Å². The predicted octanol–water partition coefficient (Wildman–Crippen LogP) is 4.34. The molecule has 0 nitrogen and oxygen atoms in total. The number of rotatable bonds is 0. The molecule has 1 heterocycles. The Morgan fingerprint density at radius 1 is 1.20 bits per heavy atom. The van der Waals surface area contributed by atoms with E-state index in [-0.39, 0.29) is 0 Å². The Morgan fingerprint density at radius 3 is 3.07 bits per heavy atom. The molecule has 1 heteroatoms. The van der Waals surface area contributed by atoms with Crippen molar-refractivity contribution < 1.29 is 0 Å². The Bertz CT molecular complexity index is 570. The van der Waals surface area contributed by atoms with E-state index in [1.54, 1.807) is 0 Å². The minimum Gasteiger partial charge on any atom is -0.139 e. The van der Waals surface area contributed by atoms with E-state index in [0.29, 0.717) is 0 Å².